The van der Waals surface area contributed by atoms with Crippen molar-refractivity contribution in [3.05, 3.63) is 33.8 Å². The van der Waals surface area contributed by atoms with Crippen LogP contribution in [-0.2, 0) is 16.1 Å². The molecule has 0 fully saturated rings. The van der Waals surface area contributed by atoms with E-state index in [1.165, 1.54) is 12.1 Å². The van der Waals surface area contributed by atoms with Gasteiger partial charge in [-0.3, -0.25) is 9.63 Å². The fraction of sp³-hybridized carbons (Fsp3) is 0.300. The molecule has 8 heteroatoms. The zero-order valence-electron chi connectivity index (χ0n) is 8.85. The number of benzene rings is 1. The van der Waals surface area contributed by atoms with Gasteiger partial charge in [0, 0.05) is 10.0 Å². The predicted molar refractivity (Wildman–Crippen MR) is 60.3 cm³/mol. The van der Waals surface area contributed by atoms with Crippen LogP contribution in [0.4, 0.5) is 13.2 Å². The Morgan fingerprint density at radius 1 is 1.28 bits per heavy atom. The molecule has 0 aromatic heterocycles. The lowest BCUT2D eigenvalue weighted by atomic mass is 10.1. The lowest BCUT2D eigenvalue weighted by Crippen LogP contribution is -2.30. The van der Waals surface area contributed by atoms with Gasteiger partial charge in [0.05, 0.1) is 6.42 Å². The van der Waals surface area contributed by atoms with E-state index in [-0.39, 0.29) is 16.5 Å². The zero-order chi connectivity index (χ0) is 13.8. The third kappa shape index (κ3) is 5.12. The molecule has 0 saturated heterocycles. The second-order valence-corrected chi connectivity index (χ2v) is 4.12. The number of hydrogen-bond donors (Lipinski definition) is 1. The molecule has 1 rings (SSSR count). The predicted octanol–water partition coefficient (Wildman–Crippen LogP) is 3.15. The van der Waals surface area contributed by atoms with Crippen LogP contribution >= 0.6 is 23.2 Å². The molecule has 100 valence electrons. The first-order valence-corrected chi connectivity index (χ1v) is 5.45. The minimum Gasteiger partial charge on any atom is -0.272 e. The van der Waals surface area contributed by atoms with Gasteiger partial charge < -0.3 is 0 Å². The number of carbonyl (C=O) groups excluding carboxylic acids is 1. The molecule has 0 aliphatic rings. The van der Waals surface area contributed by atoms with Gasteiger partial charge in [0.1, 0.15) is 0 Å². The zero-order valence-corrected chi connectivity index (χ0v) is 10.4. The molecular formula is C10H8Cl2F3NO2. The Bertz CT molecular complexity index is 417. The highest BCUT2D eigenvalue weighted by Gasteiger charge is 2.28. The maximum atomic E-state index is 11.7. The van der Waals surface area contributed by atoms with Crippen molar-refractivity contribution in [2.75, 3.05) is 6.61 Å². The molecule has 0 atom stereocenters. The highest BCUT2D eigenvalue weighted by atomic mass is 35.5. The van der Waals surface area contributed by atoms with Crippen molar-refractivity contribution in [1.29, 1.82) is 0 Å². The summed E-state index contributed by atoms with van der Waals surface area (Å²) >= 11 is 11.6. The highest BCUT2D eigenvalue weighted by molar-refractivity contribution is 6.36. The summed E-state index contributed by atoms with van der Waals surface area (Å²) in [6, 6.07) is 4.63. The SMILES string of the molecule is O=C(Cc1c(Cl)cccc1Cl)NOCC(F)(F)F. The lowest BCUT2D eigenvalue weighted by Gasteiger charge is -2.09. The molecule has 1 amide bonds. The Labute approximate surface area is 111 Å². The molecule has 0 saturated carbocycles. The van der Waals surface area contributed by atoms with Gasteiger partial charge in [0.25, 0.3) is 0 Å². The first-order chi connectivity index (χ1) is 8.29. The average molecular weight is 302 g/mol. The van der Waals surface area contributed by atoms with Crippen molar-refractivity contribution in [1.82, 2.24) is 5.48 Å². The third-order valence-corrected chi connectivity index (χ3v) is 2.53. The number of hydrogen-bond acceptors (Lipinski definition) is 2. The van der Waals surface area contributed by atoms with E-state index in [0.29, 0.717) is 5.56 Å². The monoisotopic (exact) mass is 301 g/mol. The summed E-state index contributed by atoms with van der Waals surface area (Å²) in [6.45, 7) is -1.56. The van der Waals surface area contributed by atoms with E-state index in [0.717, 1.165) is 0 Å². The molecule has 1 aromatic rings. The van der Waals surface area contributed by atoms with Crippen molar-refractivity contribution >= 4 is 29.1 Å². The summed E-state index contributed by atoms with van der Waals surface area (Å²) in [5.74, 6) is -0.769. The standard InChI is InChI=1S/C10H8Cl2F3NO2/c11-7-2-1-3-8(12)6(7)4-9(17)16-18-5-10(13,14)15/h1-3H,4-5H2,(H,16,17). The van der Waals surface area contributed by atoms with Gasteiger partial charge in [-0.05, 0) is 17.7 Å². The van der Waals surface area contributed by atoms with Crippen LogP contribution in [0.1, 0.15) is 5.56 Å². The molecule has 0 spiro atoms. The van der Waals surface area contributed by atoms with Crippen LogP contribution in [-0.4, -0.2) is 18.7 Å². The Kier molecular flexibility index (Phi) is 5.25. The number of amides is 1. The van der Waals surface area contributed by atoms with Crippen LogP contribution in [0, 0.1) is 0 Å². The Morgan fingerprint density at radius 2 is 1.83 bits per heavy atom. The van der Waals surface area contributed by atoms with Crippen molar-refractivity contribution in [3.63, 3.8) is 0 Å². The quantitative estimate of drug-likeness (QED) is 0.868. The highest BCUT2D eigenvalue weighted by Crippen LogP contribution is 2.24. The third-order valence-electron chi connectivity index (χ3n) is 1.82. The first-order valence-electron chi connectivity index (χ1n) is 4.70. The van der Waals surface area contributed by atoms with E-state index in [9.17, 15) is 18.0 Å². The molecule has 0 bridgehead atoms. The van der Waals surface area contributed by atoms with Crippen molar-refractivity contribution < 1.29 is 22.8 Å². The van der Waals surface area contributed by atoms with Crippen LogP contribution in [0.5, 0.6) is 0 Å². The summed E-state index contributed by atoms with van der Waals surface area (Å²) in [5, 5.41) is 0.516. The van der Waals surface area contributed by atoms with Gasteiger partial charge in [0.2, 0.25) is 5.91 Å². The molecule has 1 aromatic carbocycles. The summed E-state index contributed by atoms with van der Waals surface area (Å²) in [6.07, 6.45) is -4.77. The van der Waals surface area contributed by atoms with E-state index in [2.05, 4.69) is 4.84 Å². The molecule has 0 unspecified atom stereocenters. The Balaban J connectivity index is 2.50. The van der Waals surface area contributed by atoms with Crippen molar-refractivity contribution in [2.24, 2.45) is 0 Å². The molecule has 1 N–H and O–H groups in total. The van der Waals surface area contributed by atoms with Crippen molar-refractivity contribution in [3.8, 4) is 0 Å². The molecular weight excluding hydrogens is 294 g/mol. The van der Waals surface area contributed by atoms with Gasteiger partial charge in [0.15, 0.2) is 6.61 Å². The second kappa shape index (κ2) is 6.26. The maximum absolute atomic E-state index is 11.7. The van der Waals surface area contributed by atoms with E-state index < -0.39 is 18.7 Å². The first kappa shape index (κ1) is 15.1. The number of alkyl halides is 3. The Morgan fingerprint density at radius 3 is 2.33 bits per heavy atom. The van der Waals surface area contributed by atoms with Gasteiger partial charge >= 0.3 is 6.18 Å². The summed E-state index contributed by atoms with van der Waals surface area (Å²) in [4.78, 5) is 15.3. The van der Waals surface area contributed by atoms with Crippen LogP contribution < -0.4 is 5.48 Å². The second-order valence-electron chi connectivity index (χ2n) is 3.31. The lowest BCUT2D eigenvalue weighted by molar-refractivity contribution is -0.191. The summed E-state index contributed by atoms with van der Waals surface area (Å²) < 4.78 is 35.2. The van der Waals surface area contributed by atoms with E-state index in [4.69, 9.17) is 23.2 Å². The fourth-order valence-corrected chi connectivity index (χ4v) is 1.63. The van der Waals surface area contributed by atoms with Crippen LogP contribution in [0.3, 0.4) is 0 Å². The van der Waals surface area contributed by atoms with E-state index in [1.54, 1.807) is 11.5 Å². The van der Waals surface area contributed by atoms with Gasteiger partial charge in [-0.15, -0.1) is 0 Å². The molecule has 0 aliphatic heterocycles. The maximum Gasteiger partial charge on any atom is 0.414 e. The number of halogens is 5. The smallest absolute Gasteiger partial charge is 0.272 e. The van der Waals surface area contributed by atoms with Crippen LogP contribution in [0.2, 0.25) is 10.0 Å². The largest absolute Gasteiger partial charge is 0.414 e. The number of rotatable bonds is 4. The minimum atomic E-state index is -4.50. The molecule has 0 radical (unpaired) electrons. The van der Waals surface area contributed by atoms with Crippen LogP contribution in [0.25, 0.3) is 0 Å². The Hall–Kier alpha value is -0.980. The van der Waals surface area contributed by atoms with E-state index >= 15 is 0 Å². The molecule has 0 heterocycles. The van der Waals surface area contributed by atoms with Gasteiger partial charge in [-0.1, -0.05) is 29.3 Å². The summed E-state index contributed by atoms with van der Waals surface area (Å²) in [7, 11) is 0. The van der Waals surface area contributed by atoms with Gasteiger partial charge in [-0.2, -0.15) is 13.2 Å². The van der Waals surface area contributed by atoms with Crippen molar-refractivity contribution in [2.45, 2.75) is 12.6 Å². The van der Waals surface area contributed by atoms with E-state index in [1.807, 2.05) is 0 Å². The number of carbonyl (C=O) groups is 1. The number of nitrogens with one attached hydrogen (secondary N) is 1. The minimum absolute atomic E-state index is 0.258. The normalized spacial score (nSPS) is 11.4. The molecule has 18 heavy (non-hydrogen) atoms. The summed E-state index contributed by atoms with van der Waals surface area (Å²) in [5.41, 5.74) is 1.99. The number of hydroxylamine groups is 1. The molecule has 3 nitrogen and oxygen atoms in total. The topological polar surface area (TPSA) is 38.3 Å². The molecule has 0 aliphatic carbocycles. The fourth-order valence-electron chi connectivity index (χ4n) is 1.10. The van der Waals surface area contributed by atoms with Crippen LogP contribution in [0.15, 0.2) is 18.2 Å². The average Bonchev–Trinajstić information content (AvgIpc) is 2.22. The van der Waals surface area contributed by atoms with Gasteiger partial charge in [-0.25, -0.2) is 5.48 Å².